The van der Waals surface area contributed by atoms with Crippen LogP contribution in [0.3, 0.4) is 0 Å². The van der Waals surface area contributed by atoms with Gasteiger partial charge < -0.3 is 81.6 Å². The van der Waals surface area contributed by atoms with Gasteiger partial charge in [-0.05, 0) is 10.3 Å². The van der Waals surface area contributed by atoms with Crippen LogP contribution in [-0.4, -0.2) is 198 Å². The Kier molecular flexibility index (Phi) is 14.0. The first-order chi connectivity index (χ1) is 21.5. The van der Waals surface area contributed by atoms with Crippen LogP contribution in [0.5, 0.6) is 0 Å². The van der Waals surface area contributed by atoms with Crippen molar-refractivity contribution in [1.82, 2.24) is 19.6 Å². The molecule has 2 unspecified atom stereocenters. The SMILES string of the molecule is CN(CC(=O)N1C[C@H](O)[C@@H](O)[C@@H](O)C1CO)C(N)=NOC(=O)/C=C/C(=O)ON=C(N)N(C)CC(=O)N1C[C@H](O)[C@@H](O)[C@@H](O)C1CO. The van der Waals surface area contributed by atoms with Crippen molar-refractivity contribution in [2.24, 2.45) is 21.8 Å². The van der Waals surface area contributed by atoms with Gasteiger partial charge in [0.2, 0.25) is 23.7 Å². The van der Waals surface area contributed by atoms with E-state index in [1.165, 1.54) is 14.1 Å². The average Bonchev–Trinajstić information content (AvgIpc) is 3.02. The number of carbonyl (C=O) groups excluding carboxylic acids is 4. The zero-order chi connectivity index (χ0) is 34.9. The first-order valence-corrected chi connectivity index (χ1v) is 13.6. The number of nitrogens with zero attached hydrogens (tertiary/aromatic N) is 6. The van der Waals surface area contributed by atoms with Crippen LogP contribution in [0, 0.1) is 0 Å². The number of hydrogen-bond donors (Lipinski definition) is 10. The Bertz CT molecular complexity index is 1100. The summed E-state index contributed by atoms with van der Waals surface area (Å²) in [6, 6.07) is -2.38. The van der Waals surface area contributed by atoms with E-state index in [-0.39, 0.29) is 13.1 Å². The predicted octanol–water partition coefficient (Wildman–Crippen LogP) is -8.48. The van der Waals surface area contributed by atoms with Gasteiger partial charge in [-0.15, -0.1) is 0 Å². The fourth-order valence-corrected chi connectivity index (χ4v) is 4.42. The van der Waals surface area contributed by atoms with E-state index in [4.69, 9.17) is 11.5 Å². The maximum atomic E-state index is 12.6. The third-order valence-electron chi connectivity index (χ3n) is 7.20. The largest absolute Gasteiger partial charge is 0.394 e. The second-order valence-corrected chi connectivity index (χ2v) is 10.5. The van der Waals surface area contributed by atoms with Gasteiger partial charge in [0.05, 0.1) is 38.4 Å². The monoisotopic (exact) mass is 664 g/mol. The number of nitrogens with two attached hydrogens (primary N) is 2. The summed E-state index contributed by atoms with van der Waals surface area (Å²) in [6.45, 7) is -3.13. The number of amides is 2. The van der Waals surface area contributed by atoms with E-state index < -0.39 is 111 Å². The van der Waals surface area contributed by atoms with Gasteiger partial charge in [0, 0.05) is 39.3 Å². The van der Waals surface area contributed by atoms with Crippen LogP contribution in [0.1, 0.15) is 0 Å². The summed E-state index contributed by atoms with van der Waals surface area (Å²) in [7, 11) is 2.58. The number of hydrogen-bond acceptors (Lipinski definition) is 16. The molecular weight excluding hydrogens is 624 g/mol. The Morgan fingerprint density at radius 1 is 0.696 bits per heavy atom. The molecule has 46 heavy (non-hydrogen) atoms. The Morgan fingerprint density at radius 3 is 1.33 bits per heavy atom. The van der Waals surface area contributed by atoms with Crippen molar-refractivity contribution >= 4 is 35.7 Å². The average molecular weight is 665 g/mol. The summed E-state index contributed by atoms with van der Waals surface area (Å²) in [5, 5.41) is 84.9. The molecule has 0 saturated carbocycles. The van der Waals surface area contributed by atoms with Gasteiger partial charge in [-0.3, -0.25) is 9.59 Å². The molecule has 22 nitrogen and oxygen atoms in total. The zero-order valence-electron chi connectivity index (χ0n) is 24.9. The Hall–Kier alpha value is -4.16. The molecule has 8 atom stereocenters. The number of likely N-dealkylation sites (tertiary alicyclic amines) is 2. The Labute approximate surface area is 261 Å². The molecule has 2 fully saturated rings. The van der Waals surface area contributed by atoms with Gasteiger partial charge >= 0.3 is 11.9 Å². The molecular formula is C24H40N8O14. The van der Waals surface area contributed by atoms with Crippen molar-refractivity contribution in [1.29, 1.82) is 0 Å². The number of aliphatic hydroxyl groups excluding tert-OH is 8. The predicted molar refractivity (Wildman–Crippen MR) is 151 cm³/mol. The van der Waals surface area contributed by atoms with Crippen molar-refractivity contribution < 1.29 is 69.7 Å². The number of piperidine rings is 2. The quantitative estimate of drug-likeness (QED) is 0.0340. The number of likely N-dealkylation sites (N-methyl/N-ethyl adjacent to an activating group) is 2. The molecule has 0 spiro atoms. The normalized spacial score (nSPS) is 29.0. The molecule has 260 valence electrons. The van der Waals surface area contributed by atoms with Crippen LogP contribution in [-0.2, 0) is 28.9 Å². The van der Waals surface area contributed by atoms with Crippen molar-refractivity contribution in [3.05, 3.63) is 12.2 Å². The number of oxime groups is 2. The van der Waals surface area contributed by atoms with Crippen molar-refractivity contribution in [3.8, 4) is 0 Å². The van der Waals surface area contributed by atoms with E-state index in [1.54, 1.807) is 0 Å². The molecule has 0 radical (unpaired) electrons. The highest BCUT2D eigenvalue weighted by atomic mass is 16.7. The molecule has 2 aliphatic heterocycles. The number of carbonyl (C=O) groups is 4. The van der Waals surface area contributed by atoms with Gasteiger partial charge in [-0.25, -0.2) is 9.59 Å². The zero-order valence-corrected chi connectivity index (χ0v) is 24.9. The summed E-state index contributed by atoms with van der Waals surface area (Å²) in [5.41, 5.74) is 11.4. The lowest BCUT2D eigenvalue weighted by Crippen LogP contribution is -2.65. The lowest BCUT2D eigenvalue weighted by molar-refractivity contribution is -0.166. The van der Waals surface area contributed by atoms with Crippen LogP contribution < -0.4 is 11.5 Å². The Balaban J connectivity index is 1.85. The van der Waals surface area contributed by atoms with Crippen LogP contribution >= 0.6 is 0 Å². The van der Waals surface area contributed by atoms with E-state index in [0.717, 1.165) is 19.6 Å². The minimum atomic E-state index is -1.60. The first-order valence-electron chi connectivity index (χ1n) is 13.6. The molecule has 0 aliphatic carbocycles. The maximum Gasteiger partial charge on any atom is 0.359 e. The van der Waals surface area contributed by atoms with Gasteiger partial charge in [0.15, 0.2) is 0 Å². The summed E-state index contributed by atoms with van der Waals surface area (Å²) >= 11 is 0. The number of aliphatic hydroxyl groups is 8. The molecule has 0 bridgehead atoms. The molecule has 2 rings (SSSR count). The molecule has 22 heteroatoms. The molecule has 0 aromatic rings. The molecule has 12 N–H and O–H groups in total. The second-order valence-electron chi connectivity index (χ2n) is 10.5. The van der Waals surface area contributed by atoms with E-state index >= 15 is 0 Å². The lowest BCUT2D eigenvalue weighted by atomic mass is 9.94. The minimum absolute atomic E-state index is 0.376. The summed E-state index contributed by atoms with van der Waals surface area (Å²) in [6.07, 6.45) is -8.07. The highest BCUT2D eigenvalue weighted by Gasteiger charge is 2.44. The third-order valence-corrected chi connectivity index (χ3v) is 7.20. The third kappa shape index (κ3) is 9.67. The smallest absolute Gasteiger partial charge is 0.359 e. The van der Waals surface area contributed by atoms with Crippen molar-refractivity contribution in [2.45, 2.75) is 48.7 Å². The fraction of sp³-hybridized carbons (Fsp3) is 0.667. The standard InChI is InChI=1S/C24H40N8O14/c1-29(7-15(37)31-5-13(35)21(43)19(41)11(31)9-33)23(25)27-45-17(39)3-4-18(40)46-28-24(26)30(2)8-16(38)32-6-14(36)22(44)20(42)12(32)10-34/h3-4,11-14,19-22,33-36,41-44H,5-10H2,1-2H3,(H2,25,27)(H2,26,28)/b4-3+/t11?,12?,13-,14-,19-,20-,21+,22+/m0/s1. The number of β-amino-alcohol motifs (C(OH)–C–C–N with tert-alkyl or cyclic N) is 2. The molecule has 0 aromatic heterocycles. The lowest BCUT2D eigenvalue weighted by Gasteiger charge is -2.43. The van der Waals surface area contributed by atoms with Crippen molar-refractivity contribution in [3.63, 3.8) is 0 Å². The molecule has 2 aliphatic rings. The molecule has 0 aromatic carbocycles. The number of guanidine groups is 2. The van der Waals surface area contributed by atoms with E-state index in [0.29, 0.717) is 12.2 Å². The number of rotatable bonds is 10. The molecule has 2 amide bonds. The van der Waals surface area contributed by atoms with Gasteiger partial charge in [-0.1, -0.05) is 0 Å². The highest BCUT2D eigenvalue weighted by molar-refractivity contribution is 5.93. The molecule has 2 heterocycles. The van der Waals surface area contributed by atoms with E-state index in [1.807, 2.05) is 0 Å². The van der Waals surface area contributed by atoms with Crippen LogP contribution in [0.25, 0.3) is 0 Å². The highest BCUT2D eigenvalue weighted by Crippen LogP contribution is 2.20. The van der Waals surface area contributed by atoms with Gasteiger partial charge in [-0.2, -0.15) is 0 Å². The maximum absolute atomic E-state index is 12.6. The van der Waals surface area contributed by atoms with E-state index in [9.17, 15) is 60.0 Å². The minimum Gasteiger partial charge on any atom is -0.394 e. The van der Waals surface area contributed by atoms with Gasteiger partial charge in [0.1, 0.15) is 36.6 Å². The summed E-state index contributed by atoms with van der Waals surface area (Å²) < 4.78 is 0. The fourth-order valence-electron chi connectivity index (χ4n) is 4.42. The Morgan fingerprint density at radius 2 is 1.02 bits per heavy atom. The van der Waals surface area contributed by atoms with Crippen LogP contribution in [0.4, 0.5) is 0 Å². The van der Waals surface area contributed by atoms with Gasteiger partial charge in [0.25, 0.3) is 0 Å². The summed E-state index contributed by atoms with van der Waals surface area (Å²) in [5.74, 6) is -4.78. The first kappa shape index (κ1) is 38.0. The van der Waals surface area contributed by atoms with Crippen molar-refractivity contribution in [2.75, 3.05) is 53.5 Å². The van der Waals surface area contributed by atoms with E-state index in [2.05, 4.69) is 20.0 Å². The van der Waals surface area contributed by atoms with Crippen LogP contribution in [0.15, 0.2) is 22.5 Å². The topological polar surface area (TPSA) is 338 Å². The summed E-state index contributed by atoms with van der Waals surface area (Å²) in [4.78, 5) is 62.1. The van der Waals surface area contributed by atoms with Crippen LogP contribution in [0.2, 0.25) is 0 Å². The second kappa shape index (κ2) is 17.0. The molecule has 2 saturated heterocycles.